The van der Waals surface area contributed by atoms with Gasteiger partial charge >= 0.3 is 0 Å². The Labute approximate surface area is 118 Å². The summed E-state index contributed by atoms with van der Waals surface area (Å²) in [7, 11) is 0. The predicted octanol–water partition coefficient (Wildman–Crippen LogP) is 0.313. The minimum Gasteiger partial charge on any atom is -0.394 e. The molecule has 0 heterocycles. The summed E-state index contributed by atoms with van der Waals surface area (Å²) < 4.78 is 5.03. The molecule has 110 valence electrons. The standard InChI is InChI=1S/C14H20N2O4/c1-11(18)16-13-4-2-12(3-5-13)10-14(19)15-6-8-20-9-7-17/h2-5,17H,6-10H2,1H3,(H,15,19)(H,16,18). The number of anilines is 1. The lowest BCUT2D eigenvalue weighted by Crippen LogP contribution is -2.28. The van der Waals surface area contributed by atoms with E-state index in [1.54, 1.807) is 24.3 Å². The van der Waals surface area contributed by atoms with Gasteiger partial charge in [0, 0.05) is 19.2 Å². The molecule has 0 aliphatic rings. The Morgan fingerprint density at radius 3 is 2.50 bits per heavy atom. The molecule has 1 rings (SSSR count). The van der Waals surface area contributed by atoms with Gasteiger partial charge in [-0.15, -0.1) is 0 Å². The van der Waals surface area contributed by atoms with Crippen LogP contribution in [0, 0.1) is 0 Å². The van der Waals surface area contributed by atoms with Gasteiger partial charge < -0.3 is 20.5 Å². The highest BCUT2D eigenvalue weighted by Gasteiger charge is 2.03. The second-order valence-electron chi connectivity index (χ2n) is 4.24. The molecule has 2 amide bonds. The Kier molecular flexibility index (Phi) is 7.31. The molecule has 0 saturated carbocycles. The van der Waals surface area contributed by atoms with Crippen LogP contribution in [0.2, 0.25) is 0 Å². The Balaban J connectivity index is 2.29. The fourth-order valence-electron chi connectivity index (χ4n) is 1.59. The van der Waals surface area contributed by atoms with E-state index >= 15 is 0 Å². The lowest BCUT2D eigenvalue weighted by molar-refractivity contribution is -0.120. The van der Waals surface area contributed by atoms with Crippen LogP contribution in [0.3, 0.4) is 0 Å². The van der Waals surface area contributed by atoms with Crippen LogP contribution in [0.25, 0.3) is 0 Å². The number of carbonyl (C=O) groups is 2. The monoisotopic (exact) mass is 280 g/mol. The third kappa shape index (κ3) is 6.86. The average molecular weight is 280 g/mol. The van der Waals surface area contributed by atoms with Crippen molar-refractivity contribution in [2.24, 2.45) is 0 Å². The highest BCUT2D eigenvalue weighted by Crippen LogP contribution is 2.09. The van der Waals surface area contributed by atoms with Crippen molar-refractivity contribution in [3.05, 3.63) is 29.8 Å². The van der Waals surface area contributed by atoms with Crippen molar-refractivity contribution in [1.29, 1.82) is 0 Å². The van der Waals surface area contributed by atoms with Gasteiger partial charge in [-0.1, -0.05) is 12.1 Å². The molecule has 6 nitrogen and oxygen atoms in total. The van der Waals surface area contributed by atoms with Gasteiger partial charge in [-0.25, -0.2) is 0 Å². The quantitative estimate of drug-likeness (QED) is 0.598. The molecule has 0 aliphatic heterocycles. The Morgan fingerprint density at radius 1 is 1.20 bits per heavy atom. The van der Waals surface area contributed by atoms with Crippen LogP contribution in [0.4, 0.5) is 5.69 Å². The lowest BCUT2D eigenvalue weighted by atomic mass is 10.1. The van der Waals surface area contributed by atoms with Crippen LogP contribution in [0.1, 0.15) is 12.5 Å². The van der Waals surface area contributed by atoms with Crippen molar-refractivity contribution in [2.45, 2.75) is 13.3 Å². The summed E-state index contributed by atoms with van der Waals surface area (Å²) >= 11 is 0. The van der Waals surface area contributed by atoms with Gasteiger partial charge in [0.05, 0.1) is 26.2 Å². The molecule has 0 bridgehead atoms. The van der Waals surface area contributed by atoms with Gasteiger partial charge in [-0.05, 0) is 17.7 Å². The largest absolute Gasteiger partial charge is 0.394 e. The smallest absolute Gasteiger partial charge is 0.224 e. The maximum atomic E-state index is 11.6. The molecule has 20 heavy (non-hydrogen) atoms. The number of hydrogen-bond acceptors (Lipinski definition) is 4. The van der Waals surface area contributed by atoms with Crippen molar-refractivity contribution >= 4 is 17.5 Å². The molecule has 0 spiro atoms. The number of aliphatic hydroxyl groups excluding tert-OH is 1. The third-order valence-electron chi connectivity index (χ3n) is 2.44. The summed E-state index contributed by atoms with van der Waals surface area (Å²) in [5.74, 6) is -0.219. The van der Waals surface area contributed by atoms with E-state index in [2.05, 4.69) is 10.6 Å². The first-order valence-corrected chi connectivity index (χ1v) is 6.43. The fourth-order valence-corrected chi connectivity index (χ4v) is 1.59. The number of amides is 2. The molecular formula is C14H20N2O4. The van der Waals surface area contributed by atoms with Crippen molar-refractivity contribution in [2.75, 3.05) is 31.7 Å². The van der Waals surface area contributed by atoms with E-state index in [-0.39, 0.29) is 31.4 Å². The van der Waals surface area contributed by atoms with E-state index in [9.17, 15) is 9.59 Å². The lowest BCUT2D eigenvalue weighted by Gasteiger charge is -2.07. The molecule has 0 atom stereocenters. The molecule has 1 aromatic carbocycles. The van der Waals surface area contributed by atoms with Gasteiger partial charge in [0.15, 0.2) is 0 Å². The molecule has 3 N–H and O–H groups in total. The Morgan fingerprint density at radius 2 is 1.90 bits per heavy atom. The first-order chi connectivity index (χ1) is 9.61. The van der Waals surface area contributed by atoms with Gasteiger partial charge in [0.2, 0.25) is 11.8 Å². The summed E-state index contributed by atoms with van der Waals surface area (Å²) in [6.07, 6.45) is 0.278. The molecule has 0 aliphatic carbocycles. The third-order valence-corrected chi connectivity index (χ3v) is 2.44. The summed E-state index contributed by atoms with van der Waals surface area (Å²) in [6, 6.07) is 7.11. The van der Waals surface area contributed by atoms with Crippen LogP contribution in [-0.4, -0.2) is 43.3 Å². The number of hydrogen-bond donors (Lipinski definition) is 3. The summed E-state index contributed by atoms with van der Waals surface area (Å²) in [4.78, 5) is 22.5. The van der Waals surface area contributed by atoms with Crippen molar-refractivity contribution in [3.63, 3.8) is 0 Å². The Hall–Kier alpha value is -1.92. The van der Waals surface area contributed by atoms with E-state index in [1.807, 2.05) is 0 Å². The zero-order valence-electron chi connectivity index (χ0n) is 11.5. The van der Waals surface area contributed by atoms with Gasteiger partial charge in [0.1, 0.15) is 0 Å². The predicted molar refractivity (Wildman–Crippen MR) is 75.4 cm³/mol. The van der Waals surface area contributed by atoms with E-state index < -0.39 is 0 Å². The minimum absolute atomic E-state index is 0.0193. The first-order valence-electron chi connectivity index (χ1n) is 6.43. The van der Waals surface area contributed by atoms with Crippen LogP contribution >= 0.6 is 0 Å². The zero-order valence-corrected chi connectivity index (χ0v) is 11.5. The molecular weight excluding hydrogens is 260 g/mol. The van der Waals surface area contributed by atoms with Gasteiger partial charge in [-0.3, -0.25) is 9.59 Å². The second-order valence-corrected chi connectivity index (χ2v) is 4.24. The number of benzene rings is 1. The van der Waals surface area contributed by atoms with Crippen LogP contribution in [-0.2, 0) is 20.7 Å². The van der Waals surface area contributed by atoms with Gasteiger partial charge in [-0.2, -0.15) is 0 Å². The van der Waals surface area contributed by atoms with Crippen molar-refractivity contribution in [3.8, 4) is 0 Å². The summed E-state index contributed by atoms with van der Waals surface area (Å²) in [6.45, 7) is 2.51. The minimum atomic E-state index is -0.127. The number of rotatable bonds is 8. The molecule has 0 radical (unpaired) electrons. The van der Waals surface area contributed by atoms with Gasteiger partial charge in [0.25, 0.3) is 0 Å². The number of nitrogens with one attached hydrogen (secondary N) is 2. The maximum Gasteiger partial charge on any atom is 0.224 e. The summed E-state index contributed by atoms with van der Waals surface area (Å²) in [5, 5.41) is 13.9. The molecule has 6 heteroatoms. The van der Waals surface area contributed by atoms with Crippen LogP contribution in [0.15, 0.2) is 24.3 Å². The Bertz CT molecular complexity index is 431. The van der Waals surface area contributed by atoms with E-state index in [1.165, 1.54) is 6.92 Å². The average Bonchev–Trinajstić information content (AvgIpc) is 2.40. The highest BCUT2D eigenvalue weighted by atomic mass is 16.5. The van der Waals surface area contributed by atoms with E-state index in [0.717, 1.165) is 5.56 Å². The molecule has 0 aromatic heterocycles. The van der Waals surface area contributed by atoms with Crippen LogP contribution in [0.5, 0.6) is 0 Å². The number of aliphatic hydroxyl groups is 1. The molecule has 0 unspecified atom stereocenters. The number of carbonyl (C=O) groups excluding carboxylic acids is 2. The number of ether oxygens (including phenoxy) is 1. The van der Waals surface area contributed by atoms with Crippen molar-refractivity contribution < 1.29 is 19.4 Å². The second kappa shape index (κ2) is 9.06. The molecule has 0 fully saturated rings. The van der Waals surface area contributed by atoms with E-state index in [4.69, 9.17) is 9.84 Å². The summed E-state index contributed by atoms with van der Waals surface area (Å²) in [5.41, 5.74) is 1.58. The van der Waals surface area contributed by atoms with Crippen molar-refractivity contribution in [1.82, 2.24) is 5.32 Å². The highest BCUT2D eigenvalue weighted by molar-refractivity contribution is 5.88. The topological polar surface area (TPSA) is 87.7 Å². The zero-order chi connectivity index (χ0) is 14.8. The van der Waals surface area contributed by atoms with Crippen LogP contribution < -0.4 is 10.6 Å². The fraction of sp³-hybridized carbons (Fsp3) is 0.429. The maximum absolute atomic E-state index is 11.6. The molecule has 1 aromatic rings. The molecule has 0 saturated heterocycles. The first kappa shape index (κ1) is 16.1. The normalized spacial score (nSPS) is 10.1. The SMILES string of the molecule is CC(=O)Nc1ccc(CC(=O)NCCOCCO)cc1. The van der Waals surface area contributed by atoms with E-state index in [0.29, 0.717) is 18.8 Å².